The molecule has 0 bridgehead atoms. The van der Waals surface area contributed by atoms with Crippen molar-refractivity contribution in [2.75, 3.05) is 14.2 Å². The first-order chi connectivity index (χ1) is 6.99. The summed E-state index contributed by atoms with van der Waals surface area (Å²) in [7, 11) is 3.32. The van der Waals surface area contributed by atoms with Gasteiger partial charge in [0.2, 0.25) is 0 Å². The highest BCUT2D eigenvalue weighted by Crippen LogP contribution is 2.25. The number of methoxy groups -OCH3 is 2. The van der Waals surface area contributed by atoms with Crippen LogP contribution >= 0.6 is 0 Å². The van der Waals surface area contributed by atoms with Crippen molar-refractivity contribution in [3.63, 3.8) is 0 Å². The summed E-state index contributed by atoms with van der Waals surface area (Å²) < 4.78 is 10.4. The lowest BCUT2D eigenvalue weighted by Gasteiger charge is -2.21. The molecule has 0 radical (unpaired) electrons. The summed E-state index contributed by atoms with van der Waals surface area (Å²) in [6.07, 6.45) is 0. The number of ether oxygens (including phenoxy) is 2. The Morgan fingerprint density at radius 2 is 1.93 bits per heavy atom. The van der Waals surface area contributed by atoms with Gasteiger partial charge in [-0.3, -0.25) is 0 Å². The van der Waals surface area contributed by atoms with Gasteiger partial charge in [-0.05, 0) is 31.5 Å². The molecule has 1 aromatic rings. The van der Waals surface area contributed by atoms with E-state index in [1.807, 2.05) is 32.0 Å². The highest BCUT2D eigenvalue weighted by atomic mass is 16.5. The van der Waals surface area contributed by atoms with E-state index in [9.17, 15) is 0 Å². The summed E-state index contributed by atoms with van der Waals surface area (Å²) >= 11 is 0. The second-order valence-corrected chi connectivity index (χ2v) is 4.18. The summed E-state index contributed by atoms with van der Waals surface area (Å²) in [6.45, 7) is 4.49. The van der Waals surface area contributed by atoms with Crippen molar-refractivity contribution in [2.24, 2.45) is 5.73 Å². The monoisotopic (exact) mass is 209 g/mol. The van der Waals surface area contributed by atoms with Crippen LogP contribution in [0, 0.1) is 0 Å². The summed E-state index contributed by atoms with van der Waals surface area (Å²) in [6, 6.07) is 5.94. The Kier molecular flexibility index (Phi) is 3.72. The third kappa shape index (κ3) is 2.94. The smallest absolute Gasteiger partial charge is 0.124 e. The Labute approximate surface area is 91.2 Å². The largest absolute Gasteiger partial charge is 0.496 e. The highest BCUT2D eigenvalue weighted by molar-refractivity contribution is 5.39. The Hall–Kier alpha value is -1.06. The molecule has 0 spiro atoms. The van der Waals surface area contributed by atoms with Crippen molar-refractivity contribution in [1.29, 1.82) is 0 Å². The lowest BCUT2D eigenvalue weighted by Crippen LogP contribution is -2.28. The maximum absolute atomic E-state index is 6.03. The molecule has 3 heteroatoms. The van der Waals surface area contributed by atoms with Gasteiger partial charge in [0, 0.05) is 18.2 Å². The minimum atomic E-state index is -0.339. The van der Waals surface area contributed by atoms with Gasteiger partial charge in [-0.15, -0.1) is 0 Å². The highest BCUT2D eigenvalue weighted by Gasteiger charge is 2.15. The minimum Gasteiger partial charge on any atom is -0.496 e. The van der Waals surface area contributed by atoms with Gasteiger partial charge < -0.3 is 15.2 Å². The third-order valence-corrected chi connectivity index (χ3v) is 2.32. The number of hydrogen-bond donors (Lipinski definition) is 1. The fourth-order valence-corrected chi connectivity index (χ4v) is 1.45. The van der Waals surface area contributed by atoms with Crippen LogP contribution in [0.1, 0.15) is 25.0 Å². The van der Waals surface area contributed by atoms with Gasteiger partial charge in [0.15, 0.2) is 0 Å². The van der Waals surface area contributed by atoms with Crippen molar-refractivity contribution in [3.05, 3.63) is 29.3 Å². The molecule has 0 saturated heterocycles. The topological polar surface area (TPSA) is 44.5 Å². The van der Waals surface area contributed by atoms with Crippen molar-refractivity contribution in [3.8, 4) is 5.75 Å². The predicted molar refractivity (Wildman–Crippen MR) is 60.9 cm³/mol. The summed E-state index contributed by atoms with van der Waals surface area (Å²) in [4.78, 5) is 0. The molecule has 15 heavy (non-hydrogen) atoms. The standard InChI is InChI=1S/C12H19NO2/c1-12(2,13)10-5-6-11(15-4)9(7-10)8-14-3/h5-7H,8,13H2,1-4H3. The normalized spacial score (nSPS) is 11.5. The third-order valence-electron chi connectivity index (χ3n) is 2.32. The van der Waals surface area contributed by atoms with E-state index >= 15 is 0 Å². The number of nitrogens with two attached hydrogens (primary N) is 1. The molecule has 0 atom stereocenters. The van der Waals surface area contributed by atoms with E-state index in [0.717, 1.165) is 16.9 Å². The number of benzene rings is 1. The molecular weight excluding hydrogens is 190 g/mol. The number of hydrogen-bond acceptors (Lipinski definition) is 3. The molecular formula is C12H19NO2. The molecule has 0 aliphatic carbocycles. The molecule has 1 rings (SSSR count). The van der Waals surface area contributed by atoms with E-state index in [1.54, 1.807) is 14.2 Å². The van der Waals surface area contributed by atoms with Crippen LogP contribution in [0.3, 0.4) is 0 Å². The SMILES string of the molecule is COCc1cc(C(C)(C)N)ccc1OC. The number of rotatable bonds is 4. The van der Waals surface area contributed by atoms with Gasteiger partial charge >= 0.3 is 0 Å². The molecule has 3 nitrogen and oxygen atoms in total. The van der Waals surface area contributed by atoms with Gasteiger partial charge in [0.1, 0.15) is 5.75 Å². The first-order valence-corrected chi connectivity index (χ1v) is 4.94. The van der Waals surface area contributed by atoms with E-state index in [0.29, 0.717) is 6.61 Å². The van der Waals surface area contributed by atoms with Crippen molar-refractivity contribution in [1.82, 2.24) is 0 Å². The Bertz CT molecular complexity index is 329. The fraction of sp³-hybridized carbons (Fsp3) is 0.500. The second-order valence-electron chi connectivity index (χ2n) is 4.18. The van der Waals surface area contributed by atoms with E-state index in [-0.39, 0.29) is 5.54 Å². The fourth-order valence-electron chi connectivity index (χ4n) is 1.45. The van der Waals surface area contributed by atoms with Crippen LogP contribution in [0.5, 0.6) is 5.75 Å². The molecule has 0 amide bonds. The Balaban J connectivity index is 3.10. The van der Waals surface area contributed by atoms with Crippen LogP contribution < -0.4 is 10.5 Å². The molecule has 0 saturated carbocycles. The van der Waals surface area contributed by atoms with Crippen LogP contribution in [-0.4, -0.2) is 14.2 Å². The van der Waals surface area contributed by atoms with Gasteiger partial charge in [-0.1, -0.05) is 6.07 Å². The van der Waals surface area contributed by atoms with Gasteiger partial charge in [0.25, 0.3) is 0 Å². The van der Waals surface area contributed by atoms with Crippen molar-refractivity contribution < 1.29 is 9.47 Å². The van der Waals surface area contributed by atoms with Gasteiger partial charge in [0.05, 0.1) is 13.7 Å². The lowest BCUT2D eigenvalue weighted by atomic mass is 9.94. The van der Waals surface area contributed by atoms with Crippen LogP contribution in [0.25, 0.3) is 0 Å². The first-order valence-electron chi connectivity index (χ1n) is 4.94. The van der Waals surface area contributed by atoms with E-state index in [1.165, 1.54) is 0 Å². The molecule has 84 valence electrons. The maximum atomic E-state index is 6.03. The van der Waals surface area contributed by atoms with E-state index in [2.05, 4.69) is 0 Å². The summed E-state index contributed by atoms with van der Waals surface area (Å²) in [5.41, 5.74) is 7.80. The predicted octanol–water partition coefficient (Wildman–Crippen LogP) is 2.04. The Morgan fingerprint density at radius 1 is 1.27 bits per heavy atom. The molecule has 0 aliphatic rings. The second kappa shape index (κ2) is 4.64. The van der Waals surface area contributed by atoms with Crippen LogP contribution in [0.15, 0.2) is 18.2 Å². The zero-order valence-corrected chi connectivity index (χ0v) is 9.83. The molecule has 2 N–H and O–H groups in total. The lowest BCUT2D eigenvalue weighted by molar-refractivity contribution is 0.181. The molecule has 0 unspecified atom stereocenters. The van der Waals surface area contributed by atoms with Crippen LogP contribution in [0.2, 0.25) is 0 Å². The molecule has 0 heterocycles. The van der Waals surface area contributed by atoms with E-state index < -0.39 is 0 Å². The van der Waals surface area contributed by atoms with Gasteiger partial charge in [-0.25, -0.2) is 0 Å². The van der Waals surface area contributed by atoms with Crippen molar-refractivity contribution in [2.45, 2.75) is 26.0 Å². The average Bonchev–Trinajstić information content (AvgIpc) is 2.17. The zero-order chi connectivity index (χ0) is 11.5. The van der Waals surface area contributed by atoms with Crippen LogP contribution in [0.4, 0.5) is 0 Å². The average molecular weight is 209 g/mol. The van der Waals surface area contributed by atoms with Crippen molar-refractivity contribution >= 4 is 0 Å². The summed E-state index contributed by atoms with van der Waals surface area (Å²) in [5.74, 6) is 0.838. The Morgan fingerprint density at radius 3 is 2.40 bits per heavy atom. The molecule has 0 aromatic heterocycles. The molecule has 0 fully saturated rings. The minimum absolute atomic E-state index is 0.339. The quantitative estimate of drug-likeness (QED) is 0.825. The molecule has 0 aliphatic heterocycles. The summed E-state index contributed by atoms with van der Waals surface area (Å²) in [5, 5.41) is 0. The zero-order valence-electron chi connectivity index (χ0n) is 9.83. The van der Waals surface area contributed by atoms with Gasteiger partial charge in [-0.2, -0.15) is 0 Å². The maximum Gasteiger partial charge on any atom is 0.124 e. The van der Waals surface area contributed by atoms with Crippen LogP contribution in [-0.2, 0) is 16.9 Å². The molecule has 1 aromatic carbocycles. The van der Waals surface area contributed by atoms with E-state index in [4.69, 9.17) is 15.2 Å². The first kappa shape index (κ1) is 12.0.